The van der Waals surface area contributed by atoms with Gasteiger partial charge in [-0.05, 0) is 48.7 Å². The van der Waals surface area contributed by atoms with Crippen LogP contribution in [-0.4, -0.2) is 27.7 Å². The number of hydrogen-bond donors (Lipinski definition) is 0. The molecule has 2 aromatic carbocycles. The summed E-state index contributed by atoms with van der Waals surface area (Å²) in [4.78, 5) is 31.9. The molecule has 1 amide bonds. The minimum absolute atomic E-state index is 0.131. The van der Waals surface area contributed by atoms with Crippen molar-refractivity contribution in [3.63, 3.8) is 0 Å². The maximum atomic E-state index is 13.1. The number of carbonyl (C=O) groups excluding carboxylic acids is 1. The van der Waals surface area contributed by atoms with Crippen LogP contribution in [0.2, 0.25) is 0 Å². The maximum Gasteiger partial charge on any atom is 0.275 e. The topological polar surface area (TPSA) is 68.1 Å². The first-order valence-electron chi connectivity index (χ1n) is 10.2. The molecule has 0 saturated carbocycles. The first-order valence-corrected chi connectivity index (χ1v) is 10.2. The zero-order valence-electron chi connectivity index (χ0n) is 17.9. The number of amides is 1. The van der Waals surface area contributed by atoms with Gasteiger partial charge < -0.3 is 4.90 Å². The second-order valence-electron chi connectivity index (χ2n) is 7.74. The second-order valence-corrected chi connectivity index (χ2v) is 7.74. The molecule has 4 rings (SSSR count). The number of anilines is 1. The highest BCUT2D eigenvalue weighted by molar-refractivity contribution is 5.93. The minimum Gasteiger partial charge on any atom is -0.314 e. The third-order valence-corrected chi connectivity index (χ3v) is 5.42. The summed E-state index contributed by atoms with van der Waals surface area (Å²) in [6.45, 7) is 3.82. The van der Waals surface area contributed by atoms with E-state index in [1.54, 1.807) is 30.4 Å². The van der Waals surface area contributed by atoms with Crippen molar-refractivity contribution in [3.8, 4) is 0 Å². The van der Waals surface area contributed by atoms with E-state index in [9.17, 15) is 9.59 Å². The van der Waals surface area contributed by atoms with E-state index in [0.29, 0.717) is 11.8 Å². The Kier molecular flexibility index (Phi) is 5.62. The Labute approximate surface area is 180 Å². The maximum absolute atomic E-state index is 13.1. The molecule has 156 valence electrons. The van der Waals surface area contributed by atoms with Gasteiger partial charge in [0.2, 0.25) is 5.91 Å². The number of likely N-dealkylation sites (N-methyl/N-ethyl adjacent to an activating group) is 1. The molecule has 6 nitrogen and oxygen atoms in total. The van der Waals surface area contributed by atoms with Crippen molar-refractivity contribution in [2.45, 2.75) is 26.8 Å². The fourth-order valence-corrected chi connectivity index (χ4v) is 3.69. The van der Waals surface area contributed by atoms with E-state index in [4.69, 9.17) is 0 Å². The Balaban J connectivity index is 1.72. The van der Waals surface area contributed by atoms with Gasteiger partial charge in [-0.1, -0.05) is 36.4 Å². The number of benzene rings is 2. The molecule has 0 unspecified atom stereocenters. The van der Waals surface area contributed by atoms with Crippen LogP contribution in [0.25, 0.3) is 10.8 Å². The van der Waals surface area contributed by atoms with Crippen LogP contribution in [0.5, 0.6) is 0 Å². The molecule has 2 heterocycles. The molecule has 0 N–H and O–H groups in total. The van der Waals surface area contributed by atoms with Crippen molar-refractivity contribution in [2.75, 3.05) is 11.9 Å². The Morgan fingerprint density at radius 3 is 2.55 bits per heavy atom. The van der Waals surface area contributed by atoms with Gasteiger partial charge in [-0.25, -0.2) is 4.68 Å². The molecule has 0 bridgehead atoms. The highest BCUT2D eigenvalue weighted by Gasteiger charge is 2.17. The fraction of sp³-hybridized carbons (Fsp3) is 0.200. The highest BCUT2D eigenvalue weighted by atomic mass is 16.2. The number of rotatable bonds is 5. The Morgan fingerprint density at radius 1 is 1.03 bits per heavy atom. The molecule has 0 aliphatic rings. The number of hydrogen-bond acceptors (Lipinski definition) is 4. The lowest BCUT2D eigenvalue weighted by molar-refractivity contribution is -0.119. The van der Waals surface area contributed by atoms with E-state index >= 15 is 0 Å². The lowest BCUT2D eigenvalue weighted by Crippen LogP contribution is -2.36. The predicted molar refractivity (Wildman–Crippen MR) is 122 cm³/mol. The van der Waals surface area contributed by atoms with Gasteiger partial charge in [0.25, 0.3) is 5.56 Å². The molecule has 0 radical (unpaired) electrons. The molecule has 0 spiro atoms. The molecule has 31 heavy (non-hydrogen) atoms. The normalized spacial score (nSPS) is 10.9. The van der Waals surface area contributed by atoms with Crippen LogP contribution in [0.1, 0.15) is 22.4 Å². The molecule has 4 aromatic rings. The van der Waals surface area contributed by atoms with E-state index in [2.05, 4.69) is 10.1 Å². The van der Waals surface area contributed by atoms with Crippen molar-refractivity contribution >= 4 is 22.4 Å². The number of carbonyl (C=O) groups is 1. The Hall–Kier alpha value is -3.80. The largest absolute Gasteiger partial charge is 0.314 e. The molecule has 6 heteroatoms. The van der Waals surface area contributed by atoms with Crippen LogP contribution in [0.4, 0.5) is 5.69 Å². The van der Waals surface area contributed by atoms with Gasteiger partial charge in [-0.15, -0.1) is 0 Å². The molecule has 2 aromatic heterocycles. The molecule has 0 aliphatic heterocycles. The van der Waals surface area contributed by atoms with E-state index < -0.39 is 0 Å². The zero-order valence-corrected chi connectivity index (χ0v) is 17.9. The van der Waals surface area contributed by atoms with E-state index in [0.717, 1.165) is 33.5 Å². The quantitative estimate of drug-likeness (QED) is 0.502. The average molecular weight is 412 g/mol. The van der Waals surface area contributed by atoms with Crippen molar-refractivity contribution in [2.24, 2.45) is 0 Å². The van der Waals surface area contributed by atoms with Crippen LogP contribution < -0.4 is 10.5 Å². The number of aryl methyl sites for hydroxylation is 2. The summed E-state index contributed by atoms with van der Waals surface area (Å²) in [5.74, 6) is -0.203. The summed E-state index contributed by atoms with van der Waals surface area (Å²) in [7, 11) is 1.73. The summed E-state index contributed by atoms with van der Waals surface area (Å²) < 4.78 is 1.28. The van der Waals surface area contributed by atoms with E-state index in [1.807, 2.05) is 62.4 Å². The lowest BCUT2D eigenvalue weighted by Gasteiger charge is -2.21. The standard InChI is InChI=1S/C25H24N4O2/c1-17-10-11-18(2)23(13-17)28(3)24(30)16-29-25(31)21-9-5-4-8-20(21)22(27-29)14-19-7-6-12-26-15-19/h4-13,15H,14,16H2,1-3H3. The number of nitrogens with zero attached hydrogens (tertiary/aromatic N) is 4. The van der Waals surface area contributed by atoms with Gasteiger partial charge in [0.05, 0.1) is 11.1 Å². The summed E-state index contributed by atoms with van der Waals surface area (Å²) in [5.41, 5.74) is 4.36. The molecular weight excluding hydrogens is 388 g/mol. The van der Waals surface area contributed by atoms with Crippen molar-refractivity contribution < 1.29 is 4.79 Å². The smallest absolute Gasteiger partial charge is 0.275 e. The second kappa shape index (κ2) is 8.52. The van der Waals surface area contributed by atoms with E-state index in [1.165, 1.54) is 4.68 Å². The molecular formula is C25H24N4O2. The number of pyridine rings is 1. The summed E-state index contributed by atoms with van der Waals surface area (Å²) in [6, 6.07) is 17.2. The average Bonchev–Trinajstić information content (AvgIpc) is 2.78. The van der Waals surface area contributed by atoms with Crippen LogP contribution in [0.3, 0.4) is 0 Å². The van der Waals surface area contributed by atoms with Crippen molar-refractivity contribution in [1.29, 1.82) is 0 Å². The highest BCUT2D eigenvalue weighted by Crippen LogP contribution is 2.21. The molecule has 0 aliphatic carbocycles. The third-order valence-electron chi connectivity index (χ3n) is 5.42. The van der Waals surface area contributed by atoms with Crippen LogP contribution in [0.15, 0.2) is 71.8 Å². The summed E-state index contributed by atoms with van der Waals surface area (Å²) >= 11 is 0. The molecule has 0 atom stereocenters. The Bertz CT molecular complexity index is 1310. The van der Waals surface area contributed by atoms with Crippen molar-refractivity contribution in [3.05, 3.63) is 99.7 Å². The van der Waals surface area contributed by atoms with E-state index in [-0.39, 0.29) is 18.0 Å². The van der Waals surface area contributed by atoms with Crippen LogP contribution in [0, 0.1) is 13.8 Å². The summed E-state index contributed by atoms with van der Waals surface area (Å²) in [6.07, 6.45) is 4.03. The molecule has 0 saturated heterocycles. The van der Waals surface area contributed by atoms with Gasteiger partial charge in [0.15, 0.2) is 0 Å². The van der Waals surface area contributed by atoms with Crippen LogP contribution >= 0.6 is 0 Å². The first kappa shape index (κ1) is 20.5. The minimum atomic E-state index is -0.270. The SMILES string of the molecule is Cc1ccc(C)c(N(C)C(=O)Cn2nc(Cc3cccnc3)c3ccccc3c2=O)c1. The predicted octanol–water partition coefficient (Wildman–Crippen LogP) is 3.66. The van der Waals surface area contributed by atoms with Crippen molar-refractivity contribution in [1.82, 2.24) is 14.8 Å². The van der Waals surface area contributed by atoms with Gasteiger partial charge in [0, 0.05) is 36.9 Å². The summed E-state index contributed by atoms with van der Waals surface area (Å²) in [5, 5.41) is 5.93. The van der Waals surface area contributed by atoms with Gasteiger partial charge in [0.1, 0.15) is 6.54 Å². The van der Waals surface area contributed by atoms with Gasteiger partial charge in [-0.2, -0.15) is 5.10 Å². The third kappa shape index (κ3) is 4.23. The van der Waals surface area contributed by atoms with Gasteiger partial charge in [-0.3, -0.25) is 14.6 Å². The number of aromatic nitrogens is 3. The van der Waals surface area contributed by atoms with Gasteiger partial charge >= 0.3 is 0 Å². The fourth-order valence-electron chi connectivity index (χ4n) is 3.69. The zero-order chi connectivity index (χ0) is 22.0. The monoisotopic (exact) mass is 412 g/mol. The van der Waals surface area contributed by atoms with Crippen LogP contribution in [-0.2, 0) is 17.8 Å². The molecule has 0 fully saturated rings. The lowest BCUT2D eigenvalue weighted by atomic mass is 10.1. The first-order chi connectivity index (χ1) is 14.9. The Morgan fingerprint density at radius 2 is 1.81 bits per heavy atom. The number of fused-ring (bicyclic) bond motifs is 1.